The van der Waals surface area contributed by atoms with Gasteiger partial charge in [-0.25, -0.2) is 8.42 Å². The average Bonchev–Trinajstić information content (AvgIpc) is 2.52. The first-order valence-corrected chi connectivity index (χ1v) is 10.1. The van der Waals surface area contributed by atoms with E-state index in [0.29, 0.717) is 18.0 Å². The Morgan fingerprint density at radius 2 is 1.65 bits per heavy atom. The molecule has 26 heavy (non-hydrogen) atoms. The molecule has 0 saturated heterocycles. The molecule has 0 spiro atoms. The van der Waals surface area contributed by atoms with Gasteiger partial charge >= 0.3 is 0 Å². The van der Waals surface area contributed by atoms with Gasteiger partial charge < -0.3 is 10.1 Å². The fraction of sp³-hybridized carbons (Fsp3) is 0.316. The third-order valence-corrected chi connectivity index (χ3v) is 4.96. The van der Waals surface area contributed by atoms with Crippen LogP contribution >= 0.6 is 0 Å². The Hall–Kier alpha value is -2.54. The third-order valence-electron chi connectivity index (χ3n) is 3.69. The number of ether oxygens (including phenoxy) is 1. The van der Waals surface area contributed by atoms with Crippen LogP contribution in [0.25, 0.3) is 0 Å². The molecule has 0 fully saturated rings. The Labute approximate surface area is 154 Å². The van der Waals surface area contributed by atoms with Crippen LogP contribution in [0.1, 0.15) is 18.1 Å². The number of amides is 1. The quantitative estimate of drug-likeness (QED) is 0.806. The predicted octanol–water partition coefficient (Wildman–Crippen LogP) is 3.11. The Morgan fingerprint density at radius 3 is 2.15 bits per heavy atom. The number of sulfonamides is 1. The lowest BCUT2D eigenvalue weighted by Gasteiger charge is -2.20. The zero-order valence-electron chi connectivity index (χ0n) is 15.4. The molecule has 0 radical (unpaired) electrons. The number of aryl methyl sites for hydroxylation is 2. The molecule has 0 atom stereocenters. The molecule has 1 N–H and O–H groups in total. The summed E-state index contributed by atoms with van der Waals surface area (Å²) in [7, 11) is -3.32. The second-order valence-electron chi connectivity index (χ2n) is 6.13. The highest BCUT2D eigenvalue weighted by molar-refractivity contribution is 7.92. The van der Waals surface area contributed by atoms with Crippen LogP contribution in [0.15, 0.2) is 42.5 Å². The van der Waals surface area contributed by atoms with Crippen molar-refractivity contribution >= 4 is 27.3 Å². The van der Waals surface area contributed by atoms with Crippen molar-refractivity contribution in [3.05, 3.63) is 53.6 Å². The zero-order chi connectivity index (χ0) is 19.3. The monoisotopic (exact) mass is 376 g/mol. The van der Waals surface area contributed by atoms with Crippen molar-refractivity contribution < 1.29 is 17.9 Å². The Morgan fingerprint density at radius 1 is 1.08 bits per heavy atom. The SMILES string of the molecule is CCN(c1ccc(OCC(=O)Nc2cc(C)cc(C)c2)cc1)S(C)(=O)=O. The normalized spacial score (nSPS) is 11.1. The lowest BCUT2D eigenvalue weighted by Crippen LogP contribution is -2.29. The van der Waals surface area contributed by atoms with Gasteiger partial charge in [0.2, 0.25) is 10.0 Å². The second-order valence-corrected chi connectivity index (χ2v) is 8.04. The molecule has 0 aliphatic heterocycles. The van der Waals surface area contributed by atoms with Crippen molar-refractivity contribution in [2.75, 3.05) is 29.0 Å². The fourth-order valence-electron chi connectivity index (χ4n) is 2.71. The van der Waals surface area contributed by atoms with Crippen molar-refractivity contribution in [3.63, 3.8) is 0 Å². The molecular weight excluding hydrogens is 352 g/mol. The molecule has 0 aromatic heterocycles. The first kappa shape index (κ1) is 19.8. The molecule has 2 aromatic carbocycles. The maximum absolute atomic E-state index is 12.0. The molecule has 1 amide bonds. The summed E-state index contributed by atoms with van der Waals surface area (Å²) in [6.07, 6.45) is 1.16. The summed E-state index contributed by atoms with van der Waals surface area (Å²) < 4.78 is 30.2. The highest BCUT2D eigenvalue weighted by Crippen LogP contribution is 2.21. The van der Waals surface area contributed by atoms with Gasteiger partial charge in [-0.2, -0.15) is 0 Å². The van der Waals surface area contributed by atoms with E-state index in [1.165, 1.54) is 4.31 Å². The summed E-state index contributed by atoms with van der Waals surface area (Å²) in [4.78, 5) is 12.0. The first-order chi connectivity index (χ1) is 12.2. The van der Waals surface area contributed by atoms with Gasteiger partial charge in [0.15, 0.2) is 6.61 Å². The van der Waals surface area contributed by atoms with Crippen LogP contribution in [-0.4, -0.2) is 33.7 Å². The Kier molecular flexibility index (Phi) is 6.26. The molecule has 6 nitrogen and oxygen atoms in total. The minimum Gasteiger partial charge on any atom is -0.484 e. The standard InChI is InChI=1S/C19H24N2O4S/c1-5-21(26(4,23)24)17-6-8-18(9-7-17)25-13-19(22)20-16-11-14(2)10-15(3)12-16/h6-12H,5,13H2,1-4H3,(H,20,22). The van der Waals surface area contributed by atoms with E-state index < -0.39 is 10.0 Å². The zero-order valence-corrected chi connectivity index (χ0v) is 16.3. The molecule has 0 aliphatic rings. The van der Waals surface area contributed by atoms with Crippen LogP contribution in [0.5, 0.6) is 5.75 Å². The Bertz CT molecular complexity index is 857. The molecule has 0 heterocycles. The first-order valence-electron chi connectivity index (χ1n) is 8.27. The van der Waals surface area contributed by atoms with Gasteiger partial charge in [-0.1, -0.05) is 6.07 Å². The third kappa shape index (κ3) is 5.49. The van der Waals surface area contributed by atoms with Gasteiger partial charge in [0, 0.05) is 12.2 Å². The summed E-state index contributed by atoms with van der Waals surface area (Å²) in [6, 6.07) is 12.4. The largest absolute Gasteiger partial charge is 0.484 e. The second kappa shape index (κ2) is 8.23. The Balaban J connectivity index is 1.96. The van der Waals surface area contributed by atoms with Crippen molar-refractivity contribution in [1.29, 1.82) is 0 Å². The summed E-state index contributed by atoms with van der Waals surface area (Å²) in [5.74, 6) is 0.235. The molecule has 0 bridgehead atoms. The highest BCUT2D eigenvalue weighted by atomic mass is 32.2. The molecule has 0 unspecified atom stereocenters. The molecule has 2 aromatic rings. The number of carbonyl (C=O) groups is 1. The molecule has 2 rings (SSSR count). The maximum Gasteiger partial charge on any atom is 0.262 e. The molecule has 0 aliphatic carbocycles. The molecule has 140 valence electrons. The summed E-state index contributed by atoms with van der Waals surface area (Å²) in [5, 5.41) is 2.80. The van der Waals surface area contributed by atoms with Crippen LogP contribution in [0.3, 0.4) is 0 Å². The van der Waals surface area contributed by atoms with E-state index in [1.54, 1.807) is 31.2 Å². The summed E-state index contributed by atoms with van der Waals surface area (Å²) >= 11 is 0. The van der Waals surface area contributed by atoms with E-state index in [0.717, 1.165) is 23.1 Å². The van der Waals surface area contributed by atoms with Gasteiger partial charge in [-0.3, -0.25) is 9.10 Å². The van der Waals surface area contributed by atoms with Crippen LogP contribution in [0.4, 0.5) is 11.4 Å². The topological polar surface area (TPSA) is 75.7 Å². The van der Waals surface area contributed by atoms with Crippen LogP contribution in [0.2, 0.25) is 0 Å². The van der Waals surface area contributed by atoms with Crippen molar-refractivity contribution in [3.8, 4) is 5.75 Å². The van der Waals surface area contributed by atoms with Crippen molar-refractivity contribution in [2.24, 2.45) is 0 Å². The minimum atomic E-state index is -3.32. The van der Waals surface area contributed by atoms with Crippen molar-refractivity contribution in [1.82, 2.24) is 0 Å². The minimum absolute atomic E-state index is 0.129. The van der Waals surface area contributed by atoms with Crippen LogP contribution in [-0.2, 0) is 14.8 Å². The van der Waals surface area contributed by atoms with E-state index in [2.05, 4.69) is 5.32 Å². The van der Waals surface area contributed by atoms with Gasteiger partial charge in [-0.15, -0.1) is 0 Å². The molecule has 7 heteroatoms. The van der Waals surface area contributed by atoms with Gasteiger partial charge in [0.05, 0.1) is 11.9 Å². The van der Waals surface area contributed by atoms with Crippen LogP contribution < -0.4 is 14.4 Å². The fourth-order valence-corrected chi connectivity index (χ4v) is 3.68. The number of carbonyl (C=O) groups excluding carboxylic acids is 1. The van der Waals surface area contributed by atoms with Gasteiger partial charge in [0.1, 0.15) is 5.75 Å². The number of nitrogens with one attached hydrogen (secondary N) is 1. The van der Waals surface area contributed by atoms with E-state index in [-0.39, 0.29) is 12.5 Å². The molecule has 0 saturated carbocycles. The summed E-state index contributed by atoms with van der Waals surface area (Å²) in [5.41, 5.74) is 3.44. The lowest BCUT2D eigenvalue weighted by molar-refractivity contribution is -0.118. The summed E-state index contributed by atoms with van der Waals surface area (Å²) in [6.45, 7) is 5.92. The van der Waals surface area contributed by atoms with Gasteiger partial charge in [-0.05, 0) is 68.3 Å². The smallest absolute Gasteiger partial charge is 0.262 e. The van der Waals surface area contributed by atoms with Crippen molar-refractivity contribution in [2.45, 2.75) is 20.8 Å². The van der Waals surface area contributed by atoms with E-state index in [9.17, 15) is 13.2 Å². The van der Waals surface area contributed by atoms with E-state index in [1.807, 2.05) is 32.0 Å². The number of anilines is 2. The van der Waals surface area contributed by atoms with Gasteiger partial charge in [0.25, 0.3) is 5.91 Å². The highest BCUT2D eigenvalue weighted by Gasteiger charge is 2.15. The number of hydrogen-bond acceptors (Lipinski definition) is 4. The van der Waals surface area contributed by atoms with Crippen LogP contribution in [0, 0.1) is 13.8 Å². The average molecular weight is 376 g/mol. The molecular formula is C19H24N2O4S. The number of nitrogens with zero attached hydrogens (tertiary/aromatic N) is 1. The lowest BCUT2D eigenvalue weighted by atomic mass is 10.1. The van der Waals surface area contributed by atoms with E-state index >= 15 is 0 Å². The number of hydrogen-bond donors (Lipinski definition) is 1. The number of benzene rings is 2. The maximum atomic E-state index is 12.0. The number of rotatable bonds is 7. The van der Waals surface area contributed by atoms with E-state index in [4.69, 9.17) is 4.74 Å². The predicted molar refractivity (Wildman–Crippen MR) is 104 cm³/mol.